The summed E-state index contributed by atoms with van der Waals surface area (Å²) in [6.07, 6.45) is 0.972. The van der Waals surface area contributed by atoms with Crippen LogP contribution >= 0.6 is 0 Å². The Hall–Kier alpha value is -2.19. The number of ether oxygens (including phenoxy) is 1. The van der Waals surface area contributed by atoms with Crippen molar-refractivity contribution in [2.45, 2.75) is 31.0 Å². The molecule has 0 saturated carbocycles. The molecule has 0 bridgehead atoms. The van der Waals surface area contributed by atoms with Gasteiger partial charge in [0.05, 0.1) is 19.1 Å². The maximum atomic E-state index is 13.1. The Morgan fingerprint density at radius 2 is 2.15 bits per heavy atom. The van der Waals surface area contributed by atoms with Gasteiger partial charge in [-0.05, 0) is 24.6 Å². The first-order valence-electron chi connectivity index (χ1n) is 8.68. The molecule has 0 aliphatic carbocycles. The van der Waals surface area contributed by atoms with Crippen LogP contribution in [0.2, 0.25) is 0 Å². The number of phenolic OH excluding ortho intramolecular Hbond substituents is 1. The molecule has 1 aromatic carbocycles. The number of benzene rings is 1. The van der Waals surface area contributed by atoms with E-state index >= 15 is 0 Å². The lowest BCUT2D eigenvalue weighted by atomic mass is 10.1. The summed E-state index contributed by atoms with van der Waals surface area (Å²) in [4.78, 5) is 28.0. The van der Waals surface area contributed by atoms with Crippen molar-refractivity contribution in [3.8, 4) is 5.75 Å². The Morgan fingerprint density at radius 3 is 2.85 bits per heavy atom. The molecule has 8 heteroatoms. The molecule has 3 rings (SSSR count). The second-order valence-corrected chi connectivity index (χ2v) is 7.13. The summed E-state index contributed by atoms with van der Waals surface area (Å²) in [5, 5.41) is 12.3. The molecule has 7 nitrogen and oxygen atoms in total. The van der Waals surface area contributed by atoms with Crippen LogP contribution in [0.25, 0.3) is 0 Å². The number of phenols is 1. The molecular weight excluding hydrogens is 341 g/mol. The molecule has 2 aliphatic rings. The lowest BCUT2D eigenvalue weighted by Crippen LogP contribution is -2.47. The van der Waals surface area contributed by atoms with Gasteiger partial charge >= 0.3 is 0 Å². The quantitative estimate of drug-likeness (QED) is 0.816. The first-order valence-corrected chi connectivity index (χ1v) is 8.68. The largest absolute Gasteiger partial charge is 0.505 e. The van der Waals surface area contributed by atoms with Crippen LogP contribution in [0.15, 0.2) is 18.2 Å². The fourth-order valence-electron chi connectivity index (χ4n) is 3.47. The summed E-state index contributed by atoms with van der Waals surface area (Å²) in [6, 6.07) is 3.71. The molecule has 0 radical (unpaired) electrons. The zero-order valence-electron chi connectivity index (χ0n) is 14.9. The van der Waals surface area contributed by atoms with Crippen LogP contribution in [-0.2, 0) is 9.53 Å². The van der Waals surface area contributed by atoms with Crippen molar-refractivity contribution in [2.75, 3.05) is 33.8 Å². The van der Waals surface area contributed by atoms with Gasteiger partial charge in [0.1, 0.15) is 0 Å². The van der Waals surface area contributed by atoms with E-state index in [1.54, 1.807) is 19.0 Å². The zero-order valence-corrected chi connectivity index (χ0v) is 14.9. The van der Waals surface area contributed by atoms with Crippen LogP contribution in [0.5, 0.6) is 5.75 Å². The number of hydrogen-bond donors (Lipinski definition) is 2. The van der Waals surface area contributed by atoms with Gasteiger partial charge in [-0.2, -0.15) is 0 Å². The van der Waals surface area contributed by atoms with Gasteiger partial charge in [-0.25, -0.2) is 4.39 Å². The molecule has 2 saturated heterocycles. The van der Waals surface area contributed by atoms with E-state index in [9.17, 15) is 19.1 Å². The minimum absolute atomic E-state index is 0.0358. The minimum Gasteiger partial charge on any atom is -0.505 e. The van der Waals surface area contributed by atoms with Gasteiger partial charge in [0.2, 0.25) is 5.91 Å². The van der Waals surface area contributed by atoms with E-state index in [0.29, 0.717) is 26.1 Å². The minimum atomic E-state index is -0.755. The number of halogens is 1. The fourth-order valence-corrected chi connectivity index (χ4v) is 3.47. The number of aromatic hydroxyl groups is 1. The standard InChI is InChI=1S/C18H24FN3O4/c1-21(2)17(24)7-14-9-22-8-12(6-13(22)10-26-14)20-18(25)11-3-4-15(19)16(23)5-11/h3-5,12-14,23H,6-10H2,1-2H3,(H,20,25)/t12-,13-,14-/m0/s1. The number of hydrogen-bond acceptors (Lipinski definition) is 5. The fraction of sp³-hybridized carbons (Fsp3) is 0.556. The van der Waals surface area contributed by atoms with E-state index in [1.807, 2.05) is 0 Å². The average Bonchev–Trinajstić information content (AvgIpc) is 2.98. The molecule has 2 heterocycles. The lowest BCUT2D eigenvalue weighted by Gasteiger charge is -2.35. The van der Waals surface area contributed by atoms with Crippen LogP contribution in [-0.4, -0.2) is 78.7 Å². The van der Waals surface area contributed by atoms with Crippen molar-refractivity contribution in [3.63, 3.8) is 0 Å². The first kappa shape index (κ1) is 18.6. The third kappa shape index (κ3) is 4.13. The van der Waals surface area contributed by atoms with E-state index < -0.39 is 11.6 Å². The molecule has 2 N–H and O–H groups in total. The van der Waals surface area contributed by atoms with Gasteiger partial charge in [-0.3, -0.25) is 14.5 Å². The van der Waals surface area contributed by atoms with Crippen molar-refractivity contribution < 1.29 is 23.8 Å². The van der Waals surface area contributed by atoms with Gasteiger partial charge in [0, 0.05) is 44.8 Å². The highest BCUT2D eigenvalue weighted by atomic mass is 19.1. The summed E-state index contributed by atoms with van der Waals surface area (Å²) < 4.78 is 18.9. The topological polar surface area (TPSA) is 82.1 Å². The van der Waals surface area contributed by atoms with E-state index in [1.165, 1.54) is 6.07 Å². The Labute approximate surface area is 151 Å². The summed E-state index contributed by atoms with van der Waals surface area (Å²) in [7, 11) is 3.45. The van der Waals surface area contributed by atoms with Crippen molar-refractivity contribution in [1.29, 1.82) is 0 Å². The van der Waals surface area contributed by atoms with Crippen LogP contribution in [0.1, 0.15) is 23.2 Å². The monoisotopic (exact) mass is 365 g/mol. The van der Waals surface area contributed by atoms with Crippen molar-refractivity contribution in [2.24, 2.45) is 0 Å². The highest BCUT2D eigenvalue weighted by molar-refractivity contribution is 5.94. The molecule has 0 unspecified atom stereocenters. The van der Waals surface area contributed by atoms with E-state index in [4.69, 9.17) is 4.74 Å². The summed E-state index contributed by atoms with van der Waals surface area (Å²) in [6.45, 7) is 1.88. The van der Waals surface area contributed by atoms with E-state index in [0.717, 1.165) is 18.6 Å². The Morgan fingerprint density at radius 1 is 1.38 bits per heavy atom. The van der Waals surface area contributed by atoms with Crippen LogP contribution < -0.4 is 5.32 Å². The first-order chi connectivity index (χ1) is 12.3. The molecule has 3 atom stereocenters. The molecule has 2 aliphatic heterocycles. The number of carbonyl (C=O) groups is 2. The molecule has 142 valence electrons. The highest BCUT2D eigenvalue weighted by Crippen LogP contribution is 2.25. The maximum absolute atomic E-state index is 13.1. The Balaban J connectivity index is 1.54. The predicted molar refractivity (Wildman–Crippen MR) is 92.3 cm³/mol. The van der Waals surface area contributed by atoms with Crippen LogP contribution in [0, 0.1) is 5.82 Å². The van der Waals surface area contributed by atoms with Crippen molar-refractivity contribution in [1.82, 2.24) is 15.1 Å². The van der Waals surface area contributed by atoms with E-state index in [-0.39, 0.29) is 35.6 Å². The third-order valence-corrected chi connectivity index (χ3v) is 4.93. The van der Waals surface area contributed by atoms with Crippen molar-refractivity contribution >= 4 is 11.8 Å². The molecule has 0 spiro atoms. The number of fused-ring (bicyclic) bond motifs is 1. The van der Waals surface area contributed by atoms with Gasteiger partial charge < -0.3 is 20.1 Å². The number of nitrogens with zero attached hydrogens (tertiary/aromatic N) is 2. The number of amides is 2. The van der Waals surface area contributed by atoms with Crippen LogP contribution in [0.4, 0.5) is 4.39 Å². The lowest BCUT2D eigenvalue weighted by molar-refractivity contribution is -0.134. The zero-order chi connectivity index (χ0) is 18.8. The number of nitrogens with one attached hydrogen (secondary N) is 1. The van der Waals surface area contributed by atoms with Gasteiger partial charge in [0.15, 0.2) is 11.6 Å². The molecule has 0 aromatic heterocycles. The SMILES string of the molecule is CN(C)C(=O)C[C@H]1CN2C[C@@H](NC(=O)c3ccc(F)c(O)c3)C[C@H]2CO1. The second kappa shape index (κ2) is 7.59. The van der Waals surface area contributed by atoms with Gasteiger partial charge in [-0.1, -0.05) is 0 Å². The summed E-state index contributed by atoms with van der Waals surface area (Å²) in [5.74, 6) is -1.60. The highest BCUT2D eigenvalue weighted by Gasteiger charge is 2.38. The summed E-state index contributed by atoms with van der Waals surface area (Å²) in [5.41, 5.74) is 0.222. The van der Waals surface area contributed by atoms with Gasteiger partial charge in [-0.15, -0.1) is 0 Å². The van der Waals surface area contributed by atoms with Gasteiger partial charge in [0.25, 0.3) is 5.91 Å². The molecule has 2 fully saturated rings. The van der Waals surface area contributed by atoms with Crippen LogP contribution in [0.3, 0.4) is 0 Å². The smallest absolute Gasteiger partial charge is 0.251 e. The number of morpholine rings is 1. The molecular formula is C18H24FN3O4. The average molecular weight is 365 g/mol. The third-order valence-electron chi connectivity index (χ3n) is 4.93. The Kier molecular flexibility index (Phi) is 5.43. The molecule has 1 aromatic rings. The maximum Gasteiger partial charge on any atom is 0.251 e. The number of carbonyl (C=O) groups excluding carboxylic acids is 2. The molecule has 2 amide bonds. The predicted octanol–water partition coefficient (Wildman–Crippen LogP) is 0.581. The Bertz CT molecular complexity index is 697. The number of rotatable bonds is 4. The van der Waals surface area contributed by atoms with Crippen molar-refractivity contribution in [3.05, 3.63) is 29.6 Å². The normalized spacial score (nSPS) is 25.6. The molecule has 26 heavy (non-hydrogen) atoms. The second-order valence-electron chi connectivity index (χ2n) is 7.13. The van der Waals surface area contributed by atoms with E-state index in [2.05, 4.69) is 10.2 Å². The summed E-state index contributed by atoms with van der Waals surface area (Å²) >= 11 is 0.